The molecule has 0 aliphatic rings. The normalized spacial score (nSPS) is 11.4. The van der Waals surface area contributed by atoms with Gasteiger partial charge in [0.15, 0.2) is 0 Å². The minimum Gasteiger partial charge on any atom is -0.497 e. The molecule has 0 unspecified atom stereocenters. The summed E-state index contributed by atoms with van der Waals surface area (Å²) < 4.78 is 6.67. The van der Waals surface area contributed by atoms with Gasteiger partial charge in [-0.1, -0.05) is 35.5 Å². The fourth-order valence-corrected chi connectivity index (χ4v) is 3.20. The van der Waals surface area contributed by atoms with E-state index in [0.717, 1.165) is 22.1 Å². The van der Waals surface area contributed by atoms with E-state index in [0.29, 0.717) is 24.1 Å². The summed E-state index contributed by atoms with van der Waals surface area (Å²) in [6.07, 6.45) is 0. The molecule has 1 aromatic heterocycles. The standard InChI is InChI=1S/C21H20N4O2/c1-24(14-25-21(26)19-5-3-4-6-20(19)22-23-25)13-15-7-8-17-12-18(27-2)10-9-16(17)11-15/h3-12H,13-14H2,1-2H3. The van der Waals surface area contributed by atoms with Crippen LogP contribution in [0.4, 0.5) is 0 Å². The zero-order valence-corrected chi connectivity index (χ0v) is 15.3. The van der Waals surface area contributed by atoms with Gasteiger partial charge in [0.25, 0.3) is 5.56 Å². The van der Waals surface area contributed by atoms with E-state index >= 15 is 0 Å². The van der Waals surface area contributed by atoms with Crippen molar-refractivity contribution in [2.24, 2.45) is 0 Å². The highest BCUT2D eigenvalue weighted by Crippen LogP contribution is 2.22. The molecule has 0 atom stereocenters. The van der Waals surface area contributed by atoms with Crippen molar-refractivity contribution in [2.75, 3.05) is 14.2 Å². The third-order valence-corrected chi connectivity index (χ3v) is 4.57. The first-order valence-corrected chi connectivity index (χ1v) is 8.72. The quantitative estimate of drug-likeness (QED) is 0.547. The van der Waals surface area contributed by atoms with E-state index in [4.69, 9.17) is 4.74 Å². The number of nitrogens with zero attached hydrogens (tertiary/aromatic N) is 4. The largest absolute Gasteiger partial charge is 0.497 e. The fraction of sp³-hybridized carbons (Fsp3) is 0.190. The van der Waals surface area contributed by atoms with Crippen LogP contribution in [0.3, 0.4) is 0 Å². The Morgan fingerprint density at radius 2 is 1.81 bits per heavy atom. The van der Waals surface area contributed by atoms with Gasteiger partial charge in [-0.2, -0.15) is 4.68 Å². The smallest absolute Gasteiger partial charge is 0.278 e. The summed E-state index contributed by atoms with van der Waals surface area (Å²) in [6, 6.07) is 19.6. The van der Waals surface area contributed by atoms with E-state index in [9.17, 15) is 4.79 Å². The van der Waals surface area contributed by atoms with Crippen molar-refractivity contribution < 1.29 is 4.74 Å². The van der Waals surface area contributed by atoms with Gasteiger partial charge in [0, 0.05) is 6.54 Å². The number of benzene rings is 3. The zero-order chi connectivity index (χ0) is 18.8. The molecule has 136 valence electrons. The Kier molecular flexibility index (Phi) is 4.56. The molecule has 4 rings (SSSR count). The maximum atomic E-state index is 12.6. The molecule has 6 heteroatoms. The van der Waals surface area contributed by atoms with E-state index in [1.54, 1.807) is 19.2 Å². The number of aromatic nitrogens is 3. The van der Waals surface area contributed by atoms with Gasteiger partial charge in [-0.15, -0.1) is 5.10 Å². The van der Waals surface area contributed by atoms with E-state index in [1.807, 2.05) is 36.2 Å². The molecule has 0 aliphatic heterocycles. The molecule has 0 N–H and O–H groups in total. The monoisotopic (exact) mass is 360 g/mol. The van der Waals surface area contributed by atoms with Crippen molar-refractivity contribution in [3.05, 3.63) is 76.6 Å². The highest BCUT2D eigenvalue weighted by molar-refractivity contribution is 5.84. The van der Waals surface area contributed by atoms with Gasteiger partial charge in [-0.25, -0.2) is 0 Å². The summed E-state index contributed by atoms with van der Waals surface area (Å²) in [7, 11) is 3.63. The van der Waals surface area contributed by atoms with Gasteiger partial charge in [0.2, 0.25) is 0 Å². The average Bonchev–Trinajstić information content (AvgIpc) is 2.70. The summed E-state index contributed by atoms with van der Waals surface area (Å²) >= 11 is 0. The lowest BCUT2D eigenvalue weighted by molar-refractivity contribution is 0.236. The molecule has 0 fully saturated rings. The van der Waals surface area contributed by atoms with E-state index < -0.39 is 0 Å². The first-order valence-electron chi connectivity index (χ1n) is 8.72. The molecular formula is C21H20N4O2. The molecule has 0 saturated heterocycles. The van der Waals surface area contributed by atoms with Crippen LogP contribution in [-0.2, 0) is 13.2 Å². The predicted octanol–water partition coefficient (Wildman–Crippen LogP) is 3.04. The Bertz CT molecular complexity index is 1170. The van der Waals surface area contributed by atoms with Gasteiger partial charge < -0.3 is 4.74 Å². The lowest BCUT2D eigenvalue weighted by atomic mass is 10.1. The first-order chi connectivity index (χ1) is 13.1. The van der Waals surface area contributed by atoms with E-state index in [2.05, 4.69) is 34.6 Å². The minimum atomic E-state index is -0.127. The van der Waals surface area contributed by atoms with Gasteiger partial charge in [0.05, 0.1) is 19.2 Å². The molecule has 0 amide bonds. The molecule has 0 saturated carbocycles. The lowest BCUT2D eigenvalue weighted by Crippen LogP contribution is -2.32. The summed E-state index contributed by atoms with van der Waals surface area (Å²) in [4.78, 5) is 14.6. The number of hydrogen-bond acceptors (Lipinski definition) is 5. The third-order valence-electron chi connectivity index (χ3n) is 4.57. The van der Waals surface area contributed by atoms with Crippen LogP contribution in [0.5, 0.6) is 5.75 Å². The molecule has 0 aliphatic carbocycles. The van der Waals surface area contributed by atoms with Crippen molar-refractivity contribution in [3.63, 3.8) is 0 Å². The SMILES string of the molecule is COc1ccc2cc(CN(C)Cn3nnc4ccccc4c3=O)ccc2c1. The molecular weight excluding hydrogens is 340 g/mol. The zero-order valence-electron chi connectivity index (χ0n) is 15.3. The second-order valence-corrected chi connectivity index (χ2v) is 6.61. The van der Waals surface area contributed by atoms with Gasteiger partial charge >= 0.3 is 0 Å². The maximum Gasteiger partial charge on any atom is 0.278 e. The topological polar surface area (TPSA) is 60.2 Å². The number of ether oxygens (including phenoxy) is 1. The summed E-state index contributed by atoms with van der Waals surface area (Å²) in [6.45, 7) is 1.07. The molecule has 3 aromatic carbocycles. The van der Waals surface area contributed by atoms with Crippen LogP contribution < -0.4 is 10.3 Å². The molecule has 6 nitrogen and oxygen atoms in total. The Hall–Kier alpha value is -3.25. The fourth-order valence-electron chi connectivity index (χ4n) is 3.20. The highest BCUT2D eigenvalue weighted by Gasteiger charge is 2.08. The average molecular weight is 360 g/mol. The van der Waals surface area contributed by atoms with E-state index in [-0.39, 0.29) is 5.56 Å². The molecule has 0 spiro atoms. The Morgan fingerprint density at radius 1 is 1.04 bits per heavy atom. The predicted molar refractivity (Wildman–Crippen MR) is 106 cm³/mol. The first kappa shape index (κ1) is 17.2. The van der Waals surface area contributed by atoms with Crippen LogP contribution in [0.25, 0.3) is 21.7 Å². The van der Waals surface area contributed by atoms with Crippen LogP contribution in [0.1, 0.15) is 5.56 Å². The van der Waals surface area contributed by atoms with Crippen molar-refractivity contribution >= 4 is 21.7 Å². The van der Waals surface area contributed by atoms with Crippen molar-refractivity contribution in [1.29, 1.82) is 0 Å². The second kappa shape index (κ2) is 7.17. The molecule has 27 heavy (non-hydrogen) atoms. The molecule has 0 radical (unpaired) electrons. The van der Waals surface area contributed by atoms with Gasteiger partial charge in [-0.3, -0.25) is 9.69 Å². The molecule has 1 heterocycles. The van der Waals surface area contributed by atoms with Crippen molar-refractivity contribution in [3.8, 4) is 5.75 Å². The summed E-state index contributed by atoms with van der Waals surface area (Å²) in [5, 5.41) is 11.1. The molecule has 0 bridgehead atoms. The Balaban J connectivity index is 1.54. The minimum absolute atomic E-state index is 0.127. The second-order valence-electron chi connectivity index (χ2n) is 6.61. The number of rotatable bonds is 5. The van der Waals surface area contributed by atoms with Crippen LogP contribution in [0, 0.1) is 0 Å². The number of fused-ring (bicyclic) bond motifs is 2. The lowest BCUT2D eigenvalue weighted by Gasteiger charge is -2.17. The Morgan fingerprint density at radius 3 is 2.67 bits per heavy atom. The summed E-state index contributed by atoms with van der Waals surface area (Å²) in [5.41, 5.74) is 1.65. The van der Waals surface area contributed by atoms with Gasteiger partial charge in [-0.05, 0) is 53.7 Å². The summed E-state index contributed by atoms with van der Waals surface area (Å²) in [5.74, 6) is 0.849. The van der Waals surface area contributed by atoms with Crippen molar-refractivity contribution in [2.45, 2.75) is 13.2 Å². The number of hydrogen-bond donors (Lipinski definition) is 0. The number of methoxy groups -OCH3 is 1. The van der Waals surface area contributed by atoms with Crippen LogP contribution in [-0.4, -0.2) is 34.1 Å². The maximum absolute atomic E-state index is 12.6. The third kappa shape index (κ3) is 3.52. The van der Waals surface area contributed by atoms with Crippen LogP contribution in [0.15, 0.2) is 65.5 Å². The Labute approximate surface area is 156 Å². The molecule has 4 aromatic rings. The highest BCUT2D eigenvalue weighted by atomic mass is 16.5. The van der Waals surface area contributed by atoms with Gasteiger partial charge in [0.1, 0.15) is 11.3 Å². The van der Waals surface area contributed by atoms with E-state index in [1.165, 1.54) is 4.68 Å². The van der Waals surface area contributed by atoms with Crippen molar-refractivity contribution in [1.82, 2.24) is 19.9 Å². The van der Waals surface area contributed by atoms with Crippen LogP contribution in [0.2, 0.25) is 0 Å². The van der Waals surface area contributed by atoms with Crippen LogP contribution >= 0.6 is 0 Å².